The molecule has 0 aliphatic heterocycles. The van der Waals surface area contributed by atoms with Gasteiger partial charge in [0.05, 0.1) is 17.4 Å². The van der Waals surface area contributed by atoms with E-state index in [4.69, 9.17) is 10.4 Å². The third kappa shape index (κ3) is 2.80. The molecule has 0 saturated carbocycles. The maximum atomic E-state index is 13.0. The fraction of sp³-hybridized carbons (Fsp3) is 0.125. The summed E-state index contributed by atoms with van der Waals surface area (Å²) in [6.07, 6.45) is 0. The van der Waals surface area contributed by atoms with E-state index in [2.05, 4.69) is 0 Å². The molecule has 1 aromatic rings. The Morgan fingerprint density at radius 3 is 2.64 bits per heavy atom. The Morgan fingerprint density at radius 2 is 2.14 bits per heavy atom. The molecule has 0 fully saturated rings. The predicted molar refractivity (Wildman–Crippen MR) is 47.9 cm³/mol. The maximum Gasteiger partial charge on any atom is 0.213 e. The predicted octanol–water partition coefficient (Wildman–Crippen LogP) is 0.486. The monoisotopic (exact) mass is 214 g/mol. The summed E-state index contributed by atoms with van der Waals surface area (Å²) < 4.78 is 34.4. The highest BCUT2D eigenvalue weighted by molar-refractivity contribution is 7.88. The van der Waals surface area contributed by atoms with Crippen LogP contribution in [0.25, 0.3) is 0 Å². The van der Waals surface area contributed by atoms with E-state index < -0.39 is 21.6 Å². The van der Waals surface area contributed by atoms with E-state index in [0.717, 1.165) is 6.07 Å². The van der Waals surface area contributed by atoms with Gasteiger partial charge >= 0.3 is 0 Å². The Morgan fingerprint density at radius 1 is 1.50 bits per heavy atom. The van der Waals surface area contributed by atoms with Gasteiger partial charge in [0.2, 0.25) is 10.0 Å². The second-order valence-corrected chi connectivity index (χ2v) is 4.34. The number of halogens is 1. The quantitative estimate of drug-likeness (QED) is 0.777. The molecule has 6 heteroatoms. The number of benzene rings is 1. The minimum Gasteiger partial charge on any atom is -0.228 e. The molecule has 0 heterocycles. The van der Waals surface area contributed by atoms with E-state index in [-0.39, 0.29) is 11.1 Å². The fourth-order valence-electron chi connectivity index (χ4n) is 0.972. The molecular formula is C8H7FN2O2S. The molecule has 0 atom stereocenters. The molecule has 0 amide bonds. The molecule has 4 nitrogen and oxygen atoms in total. The summed E-state index contributed by atoms with van der Waals surface area (Å²) in [5, 5.41) is 13.2. The van der Waals surface area contributed by atoms with Crippen LogP contribution in [0.15, 0.2) is 18.2 Å². The van der Waals surface area contributed by atoms with Crippen molar-refractivity contribution in [2.75, 3.05) is 0 Å². The Labute approximate surface area is 80.8 Å². The average molecular weight is 214 g/mol. The number of hydrogen-bond donors (Lipinski definition) is 1. The number of primary sulfonamides is 1. The molecule has 0 radical (unpaired) electrons. The first-order valence-electron chi connectivity index (χ1n) is 3.61. The Hall–Kier alpha value is -1.45. The van der Waals surface area contributed by atoms with Gasteiger partial charge in [0.25, 0.3) is 0 Å². The maximum absolute atomic E-state index is 13.0. The van der Waals surface area contributed by atoms with Crippen LogP contribution in [0, 0.1) is 17.1 Å². The van der Waals surface area contributed by atoms with Crippen molar-refractivity contribution in [3.63, 3.8) is 0 Å². The molecule has 0 aromatic heterocycles. The first-order chi connectivity index (χ1) is 6.42. The van der Waals surface area contributed by atoms with Crippen LogP contribution in [0.1, 0.15) is 11.1 Å². The first kappa shape index (κ1) is 10.6. The summed E-state index contributed by atoms with van der Waals surface area (Å²) in [6, 6.07) is 5.25. The van der Waals surface area contributed by atoms with Crippen LogP contribution in [0.4, 0.5) is 4.39 Å². The minimum absolute atomic E-state index is 0.0912. The number of hydrogen-bond acceptors (Lipinski definition) is 3. The van der Waals surface area contributed by atoms with Crippen molar-refractivity contribution in [2.45, 2.75) is 5.75 Å². The summed E-state index contributed by atoms with van der Waals surface area (Å²) in [5.41, 5.74) is 0.108. The van der Waals surface area contributed by atoms with E-state index in [9.17, 15) is 12.8 Å². The summed E-state index contributed by atoms with van der Waals surface area (Å²) in [4.78, 5) is 0. The SMILES string of the molecule is N#Cc1ccc(F)c(CS(N)(=O)=O)c1. The number of nitrogens with two attached hydrogens (primary N) is 1. The van der Waals surface area contributed by atoms with Gasteiger partial charge in [-0.2, -0.15) is 5.26 Å². The zero-order valence-corrected chi connectivity index (χ0v) is 7.88. The first-order valence-corrected chi connectivity index (χ1v) is 5.33. The van der Waals surface area contributed by atoms with Crippen molar-refractivity contribution in [3.8, 4) is 6.07 Å². The number of sulfonamides is 1. The smallest absolute Gasteiger partial charge is 0.213 e. The molecule has 0 spiro atoms. The normalized spacial score (nSPS) is 10.9. The van der Waals surface area contributed by atoms with Crippen LogP contribution >= 0.6 is 0 Å². The summed E-state index contributed by atoms with van der Waals surface area (Å²) in [7, 11) is -3.77. The molecular weight excluding hydrogens is 207 g/mol. The van der Waals surface area contributed by atoms with E-state index in [1.807, 2.05) is 0 Å². The molecule has 2 N–H and O–H groups in total. The largest absolute Gasteiger partial charge is 0.228 e. The summed E-state index contributed by atoms with van der Waals surface area (Å²) in [6.45, 7) is 0. The van der Waals surface area contributed by atoms with E-state index in [0.29, 0.717) is 0 Å². The molecule has 0 unspecified atom stereocenters. The number of nitrogens with zero attached hydrogens (tertiary/aromatic N) is 1. The van der Waals surface area contributed by atoms with Crippen LogP contribution in [-0.4, -0.2) is 8.42 Å². The van der Waals surface area contributed by atoms with Gasteiger partial charge in [0, 0.05) is 5.56 Å². The fourth-order valence-corrected chi connectivity index (χ4v) is 1.63. The molecule has 0 aliphatic rings. The third-order valence-corrected chi connectivity index (χ3v) is 2.24. The van der Waals surface area contributed by atoms with E-state index in [1.165, 1.54) is 12.1 Å². The lowest BCUT2D eigenvalue weighted by atomic mass is 10.1. The average Bonchev–Trinajstić information content (AvgIpc) is 2.06. The highest BCUT2D eigenvalue weighted by Crippen LogP contribution is 2.12. The van der Waals surface area contributed by atoms with Crippen LogP contribution in [0.5, 0.6) is 0 Å². The molecule has 0 bridgehead atoms. The highest BCUT2D eigenvalue weighted by Gasteiger charge is 2.10. The zero-order valence-electron chi connectivity index (χ0n) is 7.07. The Kier molecular flexibility index (Phi) is 2.84. The second kappa shape index (κ2) is 3.74. The van der Waals surface area contributed by atoms with Crippen LogP contribution in [-0.2, 0) is 15.8 Å². The van der Waals surface area contributed by atoms with E-state index >= 15 is 0 Å². The van der Waals surface area contributed by atoms with Crippen molar-refractivity contribution < 1.29 is 12.8 Å². The lowest BCUT2D eigenvalue weighted by molar-refractivity contribution is 0.588. The van der Waals surface area contributed by atoms with Gasteiger partial charge in [-0.25, -0.2) is 17.9 Å². The molecule has 1 aromatic carbocycles. The van der Waals surface area contributed by atoms with Crippen LogP contribution in [0.2, 0.25) is 0 Å². The zero-order chi connectivity index (χ0) is 10.8. The molecule has 14 heavy (non-hydrogen) atoms. The second-order valence-electron chi connectivity index (χ2n) is 2.73. The lowest BCUT2D eigenvalue weighted by Gasteiger charge is -2.01. The third-order valence-electron chi connectivity index (χ3n) is 1.53. The van der Waals surface area contributed by atoms with Crippen molar-refractivity contribution in [3.05, 3.63) is 35.1 Å². The van der Waals surface area contributed by atoms with Crippen LogP contribution in [0.3, 0.4) is 0 Å². The number of nitriles is 1. The van der Waals surface area contributed by atoms with Gasteiger partial charge in [-0.15, -0.1) is 0 Å². The van der Waals surface area contributed by atoms with Gasteiger partial charge < -0.3 is 0 Å². The summed E-state index contributed by atoms with van der Waals surface area (Å²) in [5.74, 6) is -1.29. The van der Waals surface area contributed by atoms with Gasteiger partial charge in [-0.1, -0.05) is 0 Å². The highest BCUT2D eigenvalue weighted by atomic mass is 32.2. The van der Waals surface area contributed by atoms with Gasteiger partial charge in [-0.3, -0.25) is 0 Å². The summed E-state index contributed by atoms with van der Waals surface area (Å²) >= 11 is 0. The van der Waals surface area contributed by atoms with E-state index in [1.54, 1.807) is 6.07 Å². The van der Waals surface area contributed by atoms with Gasteiger partial charge in [0.1, 0.15) is 5.82 Å². The van der Waals surface area contributed by atoms with Crippen molar-refractivity contribution >= 4 is 10.0 Å². The molecule has 0 aliphatic carbocycles. The topological polar surface area (TPSA) is 83.9 Å². The lowest BCUT2D eigenvalue weighted by Crippen LogP contribution is -2.15. The molecule has 0 saturated heterocycles. The van der Waals surface area contributed by atoms with Crippen molar-refractivity contribution in [1.82, 2.24) is 0 Å². The standard InChI is InChI=1S/C8H7FN2O2S/c9-8-2-1-6(4-10)3-7(8)5-14(11,12)13/h1-3H,5H2,(H2,11,12,13). The van der Waals surface area contributed by atoms with Crippen molar-refractivity contribution in [1.29, 1.82) is 5.26 Å². The Balaban J connectivity index is 3.15. The van der Waals surface area contributed by atoms with Crippen molar-refractivity contribution in [2.24, 2.45) is 5.14 Å². The molecule has 74 valence electrons. The van der Waals surface area contributed by atoms with Crippen LogP contribution < -0.4 is 5.14 Å². The minimum atomic E-state index is -3.77. The van der Waals surface area contributed by atoms with Gasteiger partial charge in [-0.05, 0) is 18.2 Å². The van der Waals surface area contributed by atoms with Gasteiger partial charge in [0.15, 0.2) is 0 Å². The number of rotatable bonds is 2. The Bertz CT molecular complexity index is 491. The molecule has 1 rings (SSSR count).